The molecule has 0 radical (unpaired) electrons. The summed E-state index contributed by atoms with van der Waals surface area (Å²) in [6.07, 6.45) is 1.90. The van der Waals surface area contributed by atoms with Crippen LogP contribution < -0.4 is 10.1 Å². The van der Waals surface area contributed by atoms with Crippen molar-refractivity contribution in [2.75, 3.05) is 11.9 Å². The monoisotopic (exact) mass is 455 g/mol. The Morgan fingerprint density at radius 1 is 1.34 bits per heavy atom. The van der Waals surface area contributed by atoms with E-state index in [1.165, 1.54) is 11.3 Å². The predicted molar refractivity (Wildman–Crippen MR) is 117 cm³/mol. The van der Waals surface area contributed by atoms with Gasteiger partial charge in [-0.1, -0.05) is 30.1 Å². The van der Waals surface area contributed by atoms with Crippen LogP contribution in [-0.4, -0.2) is 24.6 Å². The molecule has 0 aliphatic heterocycles. The Bertz CT molecular complexity index is 928. The number of halogens is 2. The third kappa shape index (κ3) is 5.05. The van der Waals surface area contributed by atoms with Gasteiger partial charge in [0.05, 0.1) is 17.2 Å². The smallest absolute Gasteiger partial charge is 0.341 e. The van der Waals surface area contributed by atoms with Crippen molar-refractivity contribution in [3.63, 3.8) is 0 Å². The van der Waals surface area contributed by atoms with Crippen molar-refractivity contribution >= 4 is 51.4 Å². The topological polar surface area (TPSA) is 64.6 Å². The number of ether oxygens (including phenoxy) is 2. The fourth-order valence-corrected chi connectivity index (χ4v) is 5.14. The van der Waals surface area contributed by atoms with Gasteiger partial charge in [-0.05, 0) is 62.8 Å². The van der Waals surface area contributed by atoms with E-state index in [1.54, 1.807) is 32.0 Å². The lowest BCUT2D eigenvalue weighted by Gasteiger charge is -2.18. The minimum absolute atomic E-state index is 0.280. The average Bonchev–Trinajstić information content (AvgIpc) is 3.00. The lowest BCUT2D eigenvalue weighted by Crippen LogP contribution is -2.30. The van der Waals surface area contributed by atoms with Crippen LogP contribution in [0.4, 0.5) is 5.00 Å². The van der Waals surface area contributed by atoms with Crippen LogP contribution in [0, 0.1) is 5.92 Å². The summed E-state index contributed by atoms with van der Waals surface area (Å²) < 4.78 is 10.9. The molecule has 1 N–H and O–H groups in total. The second-order valence-electron chi connectivity index (χ2n) is 7.10. The zero-order valence-electron chi connectivity index (χ0n) is 16.5. The zero-order chi connectivity index (χ0) is 21.1. The molecule has 1 aromatic heterocycles. The summed E-state index contributed by atoms with van der Waals surface area (Å²) in [5.41, 5.74) is 1.47. The number of fused-ring (bicyclic) bond motifs is 1. The van der Waals surface area contributed by atoms with Crippen molar-refractivity contribution < 1.29 is 19.1 Å². The Hall–Kier alpha value is -1.76. The molecular formula is C21H23Cl2NO4S. The van der Waals surface area contributed by atoms with E-state index >= 15 is 0 Å². The number of carbonyl (C=O) groups excluding carboxylic acids is 2. The molecule has 1 aliphatic carbocycles. The number of esters is 1. The highest BCUT2D eigenvalue weighted by Crippen LogP contribution is 2.40. The van der Waals surface area contributed by atoms with Crippen molar-refractivity contribution in [1.82, 2.24) is 0 Å². The molecule has 1 aliphatic rings. The molecule has 0 unspecified atom stereocenters. The number of benzene rings is 1. The molecule has 3 rings (SSSR count). The maximum atomic E-state index is 12.8. The fraction of sp³-hybridized carbons (Fsp3) is 0.429. The van der Waals surface area contributed by atoms with Crippen molar-refractivity contribution in [2.45, 2.75) is 46.1 Å². The van der Waals surface area contributed by atoms with Crippen LogP contribution >= 0.6 is 34.5 Å². The average molecular weight is 456 g/mol. The maximum absolute atomic E-state index is 12.8. The quantitative estimate of drug-likeness (QED) is 0.561. The molecular weight excluding hydrogens is 433 g/mol. The van der Waals surface area contributed by atoms with Gasteiger partial charge in [0.2, 0.25) is 0 Å². The normalized spacial score (nSPS) is 16.7. The summed E-state index contributed by atoms with van der Waals surface area (Å²) in [7, 11) is 0. The Morgan fingerprint density at radius 2 is 2.10 bits per heavy atom. The first kappa shape index (κ1) is 21.9. The van der Waals surface area contributed by atoms with Crippen LogP contribution in [0.3, 0.4) is 0 Å². The Morgan fingerprint density at radius 3 is 2.79 bits per heavy atom. The van der Waals surface area contributed by atoms with Gasteiger partial charge in [-0.25, -0.2) is 4.79 Å². The van der Waals surface area contributed by atoms with Crippen LogP contribution in [0.25, 0.3) is 0 Å². The highest BCUT2D eigenvalue weighted by atomic mass is 35.5. The molecule has 8 heteroatoms. The second kappa shape index (κ2) is 9.37. The van der Waals surface area contributed by atoms with Crippen molar-refractivity contribution in [3.05, 3.63) is 44.2 Å². The van der Waals surface area contributed by atoms with Gasteiger partial charge in [0, 0.05) is 9.90 Å². The number of rotatable bonds is 6. The lowest BCUT2D eigenvalue weighted by molar-refractivity contribution is -0.122. The van der Waals surface area contributed by atoms with E-state index in [-0.39, 0.29) is 12.5 Å². The maximum Gasteiger partial charge on any atom is 0.341 e. The number of anilines is 1. The standard InChI is InChI=1S/C21H23Cl2NO4S/c1-4-27-21(26)18-14-7-5-11(2)9-17(14)29-20(18)24-19(25)12(3)28-16-8-6-13(22)10-15(16)23/h6,8,10-12H,4-5,7,9H2,1-3H3,(H,24,25)/t11-,12-/m0/s1. The number of carbonyl (C=O) groups is 2. The third-order valence-corrected chi connectivity index (χ3v) is 6.50. The Labute approximate surface area is 184 Å². The van der Waals surface area contributed by atoms with Gasteiger partial charge in [-0.15, -0.1) is 11.3 Å². The van der Waals surface area contributed by atoms with E-state index in [9.17, 15) is 9.59 Å². The SMILES string of the molecule is CCOC(=O)c1c(NC(=O)[C@H](C)Oc2ccc(Cl)cc2Cl)sc2c1CC[C@H](C)C2. The van der Waals surface area contributed by atoms with Gasteiger partial charge < -0.3 is 14.8 Å². The first-order chi connectivity index (χ1) is 13.8. The molecule has 0 spiro atoms. The van der Waals surface area contributed by atoms with Gasteiger partial charge in [0.15, 0.2) is 6.10 Å². The van der Waals surface area contributed by atoms with Crippen LogP contribution in [0.15, 0.2) is 18.2 Å². The molecule has 0 fully saturated rings. The highest BCUT2D eigenvalue weighted by molar-refractivity contribution is 7.17. The van der Waals surface area contributed by atoms with Gasteiger partial charge in [0.1, 0.15) is 10.8 Å². The van der Waals surface area contributed by atoms with Gasteiger partial charge >= 0.3 is 5.97 Å². The largest absolute Gasteiger partial charge is 0.479 e. The van der Waals surface area contributed by atoms with Crippen molar-refractivity contribution in [3.8, 4) is 5.75 Å². The first-order valence-corrected chi connectivity index (χ1v) is 11.1. The van der Waals surface area contributed by atoms with E-state index in [1.807, 2.05) is 0 Å². The fourth-order valence-electron chi connectivity index (χ4n) is 3.29. The van der Waals surface area contributed by atoms with E-state index in [0.29, 0.717) is 32.3 Å². The van der Waals surface area contributed by atoms with Crippen LogP contribution in [0.1, 0.15) is 48.0 Å². The number of nitrogens with one attached hydrogen (secondary N) is 1. The summed E-state index contributed by atoms with van der Waals surface area (Å²) in [5.74, 6) is 0.148. The molecule has 2 aromatic rings. The van der Waals surface area contributed by atoms with Crippen LogP contribution in [0.2, 0.25) is 10.0 Å². The second-order valence-corrected chi connectivity index (χ2v) is 9.05. The van der Waals surface area contributed by atoms with Crippen molar-refractivity contribution in [1.29, 1.82) is 0 Å². The van der Waals surface area contributed by atoms with Crippen LogP contribution in [0.5, 0.6) is 5.75 Å². The molecule has 0 bridgehead atoms. The number of amides is 1. The van der Waals surface area contributed by atoms with Crippen LogP contribution in [-0.2, 0) is 22.4 Å². The number of thiophene rings is 1. The molecule has 29 heavy (non-hydrogen) atoms. The molecule has 0 saturated carbocycles. The summed E-state index contributed by atoms with van der Waals surface area (Å²) >= 11 is 13.5. The van der Waals surface area contributed by atoms with Gasteiger partial charge in [-0.2, -0.15) is 0 Å². The molecule has 1 heterocycles. The lowest BCUT2D eigenvalue weighted by atomic mass is 9.88. The minimum Gasteiger partial charge on any atom is -0.479 e. The first-order valence-electron chi connectivity index (χ1n) is 9.54. The van der Waals surface area contributed by atoms with E-state index in [2.05, 4.69) is 12.2 Å². The minimum atomic E-state index is -0.818. The van der Waals surface area contributed by atoms with E-state index < -0.39 is 12.1 Å². The Balaban J connectivity index is 1.81. The highest BCUT2D eigenvalue weighted by Gasteiger charge is 2.30. The summed E-state index contributed by atoms with van der Waals surface area (Å²) in [6, 6.07) is 4.81. The Kier molecular flexibility index (Phi) is 7.09. The summed E-state index contributed by atoms with van der Waals surface area (Å²) in [6.45, 7) is 5.86. The summed E-state index contributed by atoms with van der Waals surface area (Å²) in [5, 5.41) is 4.18. The van der Waals surface area contributed by atoms with Crippen molar-refractivity contribution in [2.24, 2.45) is 5.92 Å². The molecule has 1 aromatic carbocycles. The number of hydrogen-bond acceptors (Lipinski definition) is 5. The van der Waals surface area contributed by atoms with Gasteiger partial charge in [0.25, 0.3) is 5.91 Å². The predicted octanol–water partition coefficient (Wildman–Crippen LogP) is 5.76. The van der Waals surface area contributed by atoms with E-state index in [0.717, 1.165) is 29.7 Å². The summed E-state index contributed by atoms with van der Waals surface area (Å²) in [4.78, 5) is 26.5. The molecule has 0 saturated heterocycles. The zero-order valence-corrected chi connectivity index (χ0v) is 18.8. The molecule has 2 atom stereocenters. The number of hydrogen-bond donors (Lipinski definition) is 1. The molecule has 1 amide bonds. The van der Waals surface area contributed by atoms with Gasteiger partial charge in [-0.3, -0.25) is 4.79 Å². The van der Waals surface area contributed by atoms with E-state index in [4.69, 9.17) is 32.7 Å². The molecule has 5 nitrogen and oxygen atoms in total. The molecule has 156 valence electrons. The third-order valence-electron chi connectivity index (χ3n) is 4.79.